The van der Waals surface area contributed by atoms with Gasteiger partial charge in [0, 0.05) is 153 Å². The SMILES string of the molecule is c1cc2cc3ccc([nH]3)c3c4cc5cc6cc7c([nH]6)c(c6ccc(cc8ccc([nH]8)c(c8cc(cc9ccc(cc1[nH]2)[nH]9)[nH]c83)c4[nH]5)[nH]6)c1cc2cc3ccc(cc4ccc(cc5ccc([nH]5)c7c1[nH]2)[nH]4)[nH]3. The Morgan fingerprint density at radius 1 is 0.153 bits per heavy atom. The largest absolute Gasteiger partial charge is 0.355 e. The molecule has 0 amide bonds. The summed E-state index contributed by atoms with van der Waals surface area (Å²) in [6, 6.07) is 60.9. The van der Waals surface area contributed by atoms with Gasteiger partial charge in [-0.15, -0.1) is 0 Å². The number of benzene rings is 2. The first kappa shape index (κ1) is 37.7. The number of hydrogen-bond donors (Lipinski definition) is 12. The lowest BCUT2D eigenvalue weighted by Crippen LogP contribution is -1.81. The average molecular weight is 929 g/mol. The first-order chi connectivity index (χ1) is 35.5. The van der Waals surface area contributed by atoms with Crippen LogP contribution in [-0.4, -0.2) is 59.8 Å². The highest BCUT2D eigenvalue weighted by molar-refractivity contribution is 6.33. The van der Waals surface area contributed by atoms with E-state index in [0.29, 0.717) is 0 Å². The van der Waals surface area contributed by atoms with Gasteiger partial charge in [-0.3, -0.25) is 0 Å². The predicted octanol–water partition coefficient (Wildman–Crippen LogP) is 16.0. The van der Waals surface area contributed by atoms with Gasteiger partial charge in [0.05, 0.1) is 22.1 Å². The number of aromatic amines is 12. The summed E-state index contributed by atoms with van der Waals surface area (Å²) >= 11 is 0. The van der Waals surface area contributed by atoms with E-state index in [-0.39, 0.29) is 0 Å². The molecule has 12 nitrogen and oxygen atoms in total. The normalized spacial score (nSPS) is 12.4. The molecule has 17 aromatic rings. The van der Waals surface area contributed by atoms with Crippen LogP contribution in [0.1, 0.15) is 0 Å². The summed E-state index contributed by atoms with van der Waals surface area (Å²) in [6.07, 6.45) is 0. The molecule has 0 aliphatic carbocycles. The van der Waals surface area contributed by atoms with Crippen molar-refractivity contribution < 1.29 is 0 Å². The molecule has 340 valence electrons. The molecule has 15 aromatic heterocycles. The molecular formula is C60H40N12. The Kier molecular flexibility index (Phi) is 7.20. The minimum Gasteiger partial charge on any atom is -0.355 e. The molecule has 17 rings (SSSR count). The van der Waals surface area contributed by atoms with Crippen LogP contribution in [0.3, 0.4) is 0 Å². The zero-order valence-corrected chi connectivity index (χ0v) is 38.2. The summed E-state index contributed by atoms with van der Waals surface area (Å²) in [5, 5.41) is 8.74. The molecule has 2 aromatic carbocycles. The molecule has 72 heavy (non-hydrogen) atoms. The number of aromatic nitrogens is 12. The van der Waals surface area contributed by atoms with Gasteiger partial charge in [0.15, 0.2) is 0 Å². The first-order valence-corrected chi connectivity index (χ1v) is 24.2. The van der Waals surface area contributed by atoms with E-state index in [1.54, 1.807) is 0 Å². The molecule has 12 heteroatoms. The highest BCUT2D eigenvalue weighted by atomic mass is 14.8. The standard InChI is InChI=1S/C60H40N12/c1-3-33-19-37-9-13-49(65-37)55-47-27-43-24-44-28-48-56-50-14-10-38(66-50)20-34-4-2-30(62-34)18-32-6-8-36(64-32)23-42-26-46(58(56)70-42)54(60(48)72-44)52-16-12-40(68-52)21-39-11-15-51(67-39)53(59(47)71-43)45-25-41(69-57(45)55)22-35-7-5-31(63-35)17-29(1)61-33/h1-28,61-72H. The summed E-state index contributed by atoms with van der Waals surface area (Å²) in [6.45, 7) is 0. The fourth-order valence-electron chi connectivity index (χ4n) is 11.7. The molecule has 0 unspecified atom stereocenters. The van der Waals surface area contributed by atoms with Crippen molar-refractivity contribution in [2.24, 2.45) is 0 Å². The summed E-state index contributed by atoms with van der Waals surface area (Å²) in [5.74, 6) is 0. The third kappa shape index (κ3) is 5.74. The van der Waals surface area contributed by atoms with Gasteiger partial charge in [-0.2, -0.15) is 0 Å². The molecule has 0 saturated carbocycles. The lowest BCUT2D eigenvalue weighted by atomic mass is 10.0. The van der Waals surface area contributed by atoms with Gasteiger partial charge >= 0.3 is 0 Å². The van der Waals surface area contributed by atoms with Gasteiger partial charge in [0.25, 0.3) is 0 Å². The van der Waals surface area contributed by atoms with Crippen LogP contribution < -0.4 is 0 Å². The van der Waals surface area contributed by atoms with E-state index in [4.69, 9.17) is 0 Å². The van der Waals surface area contributed by atoms with Crippen LogP contribution in [0.25, 0.3) is 175 Å². The zero-order chi connectivity index (χ0) is 46.8. The van der Waals surface area contributed by atoms with Crippen LogP contribution in [0, 0.1) is 0 Å². The van der Waals surface area contributed by atoms with Crippen LogP contribution in [0.2, 0.25) is 0 Å². The Balaban J connectivity index is 1.04. The van der Waals surface area contributed by atoms with Crippen molar-refractivity contribution >= 4 is 175 Å². The van der Waals surface area contributed by atoms with Gasteiger partial charge < -0.3 is 59.8 Å². The minimum atomic E-state index is 0.970. The molecule has 0 spiro atoms. The Morgan fingerprint density at radius 2 is 0.333 bits per heavy atom. The molecule has 15 heterocycles. The molecule has 0 atom stereocenters. The maximum absolute atomic E-state index is 3.97. The predicted molar refractivity (Wildman–Crippen MR) is 300 cm³/mol. The van der Waals surface area contributed by atoms with Crippen LogP contribution in [0.4, 0.5) is 0 Å². The molecule has 12 N–H and O–H groups in total. The van der Waals surface area contributed by atoms with E-state index >= 15 is 0 Å². The number of fused-ring (bicyclic) bond motifs is 28. The highest BCUT2D eigenvalue weighted by Crippen LogP contribution is 2.42. The van der Waals surface area contributed by atoms with Crippen molar-refractivity contribution in [3.63, 3.8) is 0 Å². The van der Waals surface area contributed by atoms with Crippen molar-refractivity contribution in [1.29, 1.82) is 0 Å². The van der Waals surface area contributed by atoms with Gasteiger partial charge in [-0.1, -0.05) is 0 Å². The van der Waals surface area contributed by atoms with Crippen LogP contribution in [0.5, 0.6) is 0 Å². The van der Waals surface area contributed by atoms with Crippen molar-refractivity contribution in [3.8, 4) is 0 Å². The van der Waals surface area contributed by atoms with Gasteiger partial charge in [0.2, 0.25) is 0 Å². The third-order valence-electron chi connectivity index (χ3n) is 14.8. The Hall–Kier alpha value is -10.2. The first-order valence-electron chi connectivity index (χ1n) is 24.2. The quantitative estimate of drug-likeness (QED) is 0.0690. The molecular weight excluding hydrogens is 889 g/mol. The monoisotopic (exact) mass is 928 g/mol. The second-order valence-electron chi connectivity index (χ2n) is 19.5. The zero-order valence-electron chi connectivity index (χ0n) is 38.2. The summed E-state index contributed by atoms with van der Waals surface area (Å²) in [4.78, 5) is 45.4. The van der Waals surface area contributed by atoms with Crippen molar-refractivity contribution in [1.82, 2.24) is 59.8 Å². The summed E-state index contributed by atoms with van der Waals surface area (Å²) < 4.78 is 0. The van der Waals surface area contributed by atoms with Crippen molar-refractivity contribution in [2.45, 2.75) is 0 Å². The van der Waals surface area contributed by atoms with Crippen LogP contribution in [0.15, 0.2) is 170 Å². The van der Waals surface area contributed by atoms with Gasteiger partial charge in [0.1, 0.15) is 0 Å². The van der Waals surface area contributed by atoms with Crippen molar-refractivity contribution in [2.75, 3.05) is 0 Å². The number of hydrogen-bond acceptors (Lipinski definition) is 0. The number of H-pyrrole nitrogens is 12. The summed E-state index contributed by atoms with van der Waals surface area (Å²) in [5.41, 5.74) is 24.3. The molecule has 0 saturated heterocycles. The molecule has 0 radical (unpaired) electrons. The van der Waals surface area contributed by atoms with E-state index in [1.165, 1.54) is 0 Å². The third-order valence-corrected chi connectivity index (χ3v) is 14.8. The lowest BCUT2D eigenvalue weighted by Gasteiger charge is -2.03. The van der Waals surface area contributed by atoms with E-state index in [2.05, 4.69) is 230 Å². The van der Waals surface area contributed by atoms with E-state index < -0.39 is 0 Å². The Bertz CT molecular complexity index is 5100. The van der Waals surface area contributed by atoms with Gasteiger partial charge in [-0.05, 0) is 170 Å². The topological polar surface area (TPSA) is 189 Å². The van der Waals surface area contributed by atoms with E-state index in [1.807, 2.05) is 0 Å². The maximum Gasteiger partial charge on any atom is 0.0567 e. The van der Waals surface area contributed by atoms with Crippen molar-refractivity contribution in [3.05, 3.63) is 170 Å². The number of rotatable bonds is 0. The Morgan fingerprint density at radius 3 is 0.569 bits per heavy atom. The smallest absolute Gasteiger partial charge is 0.0567 e. The lowest BCUT2D eigenvalue weighted by molar-refractivity contribution is 1.50. The van der Waals surface area contributed by atoms with E-state index in [9.17, 15) is 0 Å². The minimum absolute atomic E-state index is 0.970. The number of nitrogens with one attached hydrogen (secondary N) is 12. The van der Waals surface area contributed by atoms with Crippen LogP contribution in [-0.2, 0) is 0 Å². The average Bonchev–Trinajstić information content (AvgIpc) is 4.18. The van der Waals surface area contributed by atoms with Gasteiger partial charge in [-0.25, -0.2) is 0 Å². The Labute approximate surface area is 403 Å². The highest BCUT2D eigenvalue weighted by Gasteiger charge is 2.18. The second kappa shape index (κ2) is 13.7. The maximum atomic E-state index is 3.97. The molecule has 0 aliphatic heterocycles. The van der Waals surface area contributed by atoms with Crippen LogP contribution >= 0.6 is 0 Å². The molecule has 0 fully saturated rings. The second-order valence-corrected chi connectivity index (χ2v) is 19.5. The summed E-state index contributed by atoms with van der Waals surface area (Å²) in [7, 11) is 0. The fraction of sp³-hybridized carbons (Fsp3) is 0. The van der Waals surface area contributed by atoms with E-state index in [0.717, 1.165) is 175 Å². The fourth-order valence-corrected chi connectivity index (χ4v) is 11.7. The molecule has 0 aliphatic rings. The molecule has 24 bridgehead atoms.